The second-order valence-electron chi connectivity index (χ2n) is 6.67. The highest BCUT2D eigenvalue weighted by atomic mass is 35.5. The Labute approximate surface area is 205 Å². The second-order valence-corrected chi connectivity index (χ2v) is 8.27. The number of benzene rings is 2. The Morgan fingerprint density at radius 1 is 1.00 bits per heavy atom. The molecule has 3 N–H and O–H groups in total. The van der Waals surface area contributed by atoms with E-state index in [1.54, 1.807) is 42.5 Å². The van der Waals surface area contributed by atoms with Crippen LogP contribution in [0.1, 0.15) is 30.3 Å². The van der Waals surface area contributed by atoms with Crippen LogP contribution in [0.4, 0.5) is 11.4 Å². The number of rotatable bonds is 6. The first-order valence-corrected chi connectivity index (χ1v) is 11.1. The van der Waals surface area contributed by atoms with Gasteiger partial charge in [0.15, 0.2) is 10.9 Å². The van der Waals surface area contributed by atoms with Gasteiger partial charge in [-0.1, -0.05) is 47.8 Å². The van der Waals surface area contributed by atoms with Gasteiger partial charge in [0, 0.05) is 17.7 Å². The van der Waals surface area contributed by atoms with E-state index in [0.29, 0.717) is 44.2 Å². The lowest BCUT2D eigenvalue weighted by Crippen LogP contribution is -2.34. The molecule has 166 valence electrons. The number of nitrogens with one attached hydrogen (secondary N) is 3. The molecule has 0 radical (unpaired) electrons. The molecule has 0 saturated heterocycles. The van der Waals surface area contributed by atoms with E-state index in [0.717, 1.165) is 6.42 Å². The van der Waals surface area contributed by atoms with E-state index in [1.807, 2.05) is 6.92 Å². The van der Waals surface area contributed by atoms with Crippen LogP contribution < -0.4 is 16.0 Å². The fourth-order valence-corrected chi connectivity index (χ4v) is 3.53. The van der Waals surface area contributed by atoms with Crippen molar-refractivity contribution in [1.29, 1.82) is 0 Å². The number of hydrogen-bond acceptors (Lipinski definition) is 4. The minimum absolute atomic E-state index is 0.00710. The van der Waals surface area contributed by atoms with Gasteiger partial charge in [0.2, 0.25) is 5.91 Å². The number of hydrogen-bond donors (Lipinski definition) is 3. The van der Waals surface area contributed by atoms with E-state index >= 15 is 0 Å². The SMILES string of the molecule is CCCC(=O)Nc1ccc(Cl)c(NC(=S)NC(=O)c2ccc(-c3cccc(Cl)c3Cl)o2)c1. The molecule has 0 bridgehead atoms. The van der Waals surface area contributed by atoms with Gasteiger partial charge in [0.05, 0.1) is 20.8 Å². The van der Waals surface area contributed by atoms with Gasteiger partial charge in [-0.2, -0.15) is 0 Å². The normalized spacial score (nSPS) is 10.5. The van der Waals surface area contributed by atoms with Crippen LogP contribution in [0, 0.1) is 0 Å². The maximum Gasteiger partial charge on any atom is 0.293 e. The zero-order chi connectivity index (χ0) is 23.3. The van der Waals surface area contributed by atoms with Crippen LogP contribution >= 0.6 is 47.0 Å². The summed E-state index contributed by atoms with van der Waals surface area (Å²) in [5.41, 5.74) is 1.54. The van der Waals surface area contributed by atoms with Crippen molar-refractivity contribution in [3.05, 3.63) is 69.4 Å². The predicted octanol–water partition coefficient (Wildman–Crippen LogP) is 6.77. The van der Waals surface area contributed by atoms with Crippen molar-refractivity contribution in [2.24, 2.45) is 0 Å². The summed E-state index contributed by atoms with van der Waals surface area (Å²) in [6, 6.07) is 13.1. The summed E-state index contributed by atoms with van der Waals surface area (Å²) in [6.45, 7) is 1.92. The van der Waals surface area contributed by atoms with E-state index in [9.17, 15) is 9.59 Å². The van der Waals surface area contributed by atoms with Gasteiger partial charge in [-0.15, -0.1) is 0 Å². The largest absolute Gasteiger partial charge is 0.451 e. The van der Waals surface area contributed by atoms with E-state index in [1.165, 1.54) is 6.07 Å². The first-order valence-electron chi connectivity index (χ1n) is 9.54. The Bertz CT molecular complexity index is 1180. The lowest BCUT2D eigenvalue weighted by atomic mass is 10.2. The van der Waals surface area contributed by atoms with Gasteiger partial charge >= 0.3 is 0 Å². The maximum atomic E-state index is 12.5. The van der Waals surface area contributed by atoms with Gasteiger partial charge in [-0.3, -0.25) is 14.9 Å². The predicted molar refractivity (Wildman–Crippen MR) is 133 cm³/mol. The highest BCUT2D eigenvalue weighted by Crippen LogP contribution is 2.34. The Morgan fingerprint density at radius 3 is 2.53 bits per heavy atom. The molecule has 1 aromatic heterocycles. The zero-order valence-electron chi connectivity index (χ0n) is 16.8. The average molecular weight is 511 g/mol. The minimum atomic E-state index is -0.560. The summed E-state index contributed by atoms with van der Waals surface area (Å²) in [4.78, 5) is 24.3. The van der Waals surface area contributed by atoms with Crippen LogP contribution in [0.5, 0.6) is 0 Å². The summed E-state index contributed by atoms with van der Waals surface area (Å²) in [5.74, 6) is -0.243. The Balaban J connectivity index is 1.67. The van der Waals surface area contributed by atoms with Crippen LogP contribution in [0.2, 0.25) is 15.1 Å². The van der Waals surface area contributed by atoms with Crippen molar-refractivity contribution >= 4 is 75.3 Å². The summed E-state index contributed by atoms with van der Waals surface area (Å²) >= 11 is 23.7. The van der Waals surface area contributed by atoms with Gasteiger partial charge in [0.1, 0.15) is 5.76 Å². The third kappa shape index (κ3) is 6.01. The molecule has 3 rings (SSSR count). The van der Waals surface area contributed by atoms with E-state index < -0.39 is 5.91 Å². The molecule has 0 fully saturated rings. The topological polar surface area (TPSA) is 83.4 Å². The summed E-state index contributed by atoms with van der Waals surface area (Å²) < 4.78 is 5.61. The quantitative estimate of drug-likeness (QED) is 0.319. The minimum Gasteiger partial charge on any atom is -0.451 e. The van der Waals surface area contributed by atoms with Crippen LogP contribution in [0.15, 0.2) is 52.9 Å². The third-order valence-electron chi connectivity index (χ3n) is 4.25. The lowest BCUT2D eigenvalue weighted by Gasteiger charge is -2.12. The van der Waals surface area contributed by atoms with E-state index in [4.69, 9.17) is 51.4 Å². The van der Waals surface area contributed by atoms with Crippen LogP contribution in [-0.4, -0.2) is 16.9 Å². The maximum absolute atomic E-state index is 12.5. The van der Waals surface area contributed by atoms with Crippen molar-refractivity contribution in [1.82, 2.24) is 5.32 Å². The van der Waals surface area contributed by atoms with Crippen molar-refractivity contribution in [2.75, 3.05) is 10.6 Å². The highest BCUT2D eigenvalue weighted by molar-refractivity contribution is 7.80. The first kappa shape index (κ1) is 24.1. The molecular weight excluding hydrogens is 493 g/mol. The molecule has 6 nitrogen and oxygen atoms in total. The standard InChI is InChI=1S/C22H18Cl3N3O3S/c1-2-4-19(29)26-12-7-8-14(23)16(11-12)27-22(32)28-21(30)18-10-9-17(31-18)13-5-3-6-15(24)20(13)25/h3,5-11H,2,4H2,1H3,(H,26,29)(H2,27,28,30,32). The zero-order valence-corrected chi connectivity index (χ0v) is 19.9. The van der Waals surface area contributed by atoms with Gasteiger partial charge < -0.3 is 15.1 Å². The smallest absolute Gasteiger partial charge is 0.293 e. The molecule has 1 heterocycles. The second kappa shape index (κ2) is 10.8. The lowest BCUT2D eigenvalue weighted by molar-refractivity contribution is -0.116. The number of amides is 2. The first-order chi connectivity index (χ1) is 15.3. The molecule has 2 amide bonds. The monoisotopic (exact) mass is 509 g/mol. The molecule has 3 aromatic rings. The summed E-state index contributed by atoms with van der Waals surface area (Å²) in [7, 11) is 0. The number of furan rings is 1. The summed E-state index contributed by atoms with van der Waals surface area (Å²) in [6.07, 6.45) is 1.14. The number of carbonyl (C=O) groups excluding carboxylic acids is 2. The molecule has 0 unspecified atom stereocenters. The van der Waals surface area contributed by atoms with Crippen molar-refractivity contribution in [3.63, 3.8) is 0 Å². The molecule has 0 aliphatic carbocycles. The molecule has 0 saturated carbocycles. The van der Waals surface area contributed by atoms with Crippen LogP contribution in [0.25, 0.3) is 11.3 Å². The molecular formula is C22H18Cl3N3O3S. The van der Waals surface area contributed by atoms with Crippen molar-refractivity contribution in [3.8, 4) is 11.3 Å². The Morgan fingerprint density at radius 2 is 1.78 bits per heavy atom. The van der Waals surface area contributed by atoms with E-state index in [-0.39, 0.29) is 16.8 Å². The molecule has 0 aliphatic heterocycles. The molecule has 0 spiro atoms. The molecule has 0 aliphatic rings. The van der Waals surface area contributed by atoms with Gasteiger partial charge in [0.25, 0.3) is 5.91 Å². The number of thiocarbonyl (C=S) groups is 1. The highest BCUT2D eigenvalue weighted by Gasteiger charge is 2.16. The Hall–Kier alpha value is -2.58. The average Bonchev–Trinajstić information content (AvgIpc) is 3.23. The fraction of sp³-hybridized carbons (Fsp3) is 0.136. The summed E-state index contributed by atoms with van der Waals surface area (Å²) in [5, 5.41) is 9.22. The van der Waals surface area contributed by atoms with E-state index in [2.05, 4.69) is 16.0 Å². The molecule has 0 atom stereocenters. The fourth-order valence-electron chi connectivity index (χ4n) is 2.77. The van der Waals surface area contributed by atoms with Crippen LogP contribution in [0.3, 0.4) is 0 Å². The Kier molecular flexibility index (Phi) is 8.15. The molecule has 32 heavy (non-hydrogen) atoms. The van der Waals surface area contributed by atoms with Gasteiger partial charge in [-0.05, 0) is 61.1 Å². The number of anilines is 2. The molecule has 10 heteroatoms. The third-order valence-corrected chi connectivity index (χ3v) is 5.60. The van der Waals surface area contributed by atoms with Crippen LogP contribution in [-0.2, 0) is 4.79 Å². The number of carbonyl (C=O) groups is 2. The van der Waals surface area contributed by atoms with Crippen molar-refractivity contribution < 1.29 is 14.0 Å². The molecule has 2 aromatic carbocycles. The van der Waals surface area contributed by atoms with Gasteiger partial charge in [-0.25, -0.2) is 0 Å². The van der Waals surface area contributed by atoms with Crippen molar-refractivity contribution in [2.45, 2.75) is 19.8 Å². The number of halogens is 3.